The summed E-state index contributed by atoms with van der Waals surface area (Å²) in [6.45, 7) is 0.430. The number of nitrogens with zero attached hydrogens (tertiary/aromatic N) is 1. The molecular weight excluding hydrogens is 414 g/mol. The minimum Gasteiger partial charge on any atom is -0.493 e. The first-order chi connectivity index (χ1) is 16.2. The Morgan fingerprint density at radius 3 is 2.42 bits per heavy atom. The van der Waals surface area contributed by atoms with Crippen LogP contribution in [0.3, 0.4) is 0 Å². The van der Waals surface area contributed by atoms with E-state index in [4.69, 9.17) is 14.5 Å². The molecule has 2 heterocycles. The van der Waals surface area contributed by atoms with E-state index >= 15 is 0 Å². The maximum absolute atomic E-state index is 13.1. The molecule has 0 atom stereocenters. The Balaban J connectivity index is 1.64. The fourth-order valence-corrected chi connectivity index (χ4v) is 4.02. The van der Waals surface area contributed by atoms with Crippen molar-refractivity contribution in [1.29, 1.82) is 0 Å². The predicted molar refractivity (Wildman–Crippen MR) is 130 cm³/mol. The van der Waals surface area contributed by atoms with Crippen LogP contribution in [-0.4, -0.2) is 30.1 Å². The van der Waals surface area contributed by atoms with Gasteiger partial charge in [-0.25, -0.2) is 4.98 Å². The van der Waals surface area contributed by atoms with Crippen molar-refractivity contribution in [2.24, 2.45) is 0 Å². The number of benzene rings is 3. The van der Waals surface area contributed by atoms with Crippen molar-refractivity contribution in [1.82, 2.24) is 15.3 Å². The average molecular weight is 437 g/mol. The van der Waals surface area contributed by atoms with E-state index in [2.05, 4.69) is 10.3 Å². The number of hydrogen-bond acceptors (Lipinski definition) is 4. The smallest absolute Gasteiger partial charge is 0.270 e. The largest absolute Gasteiger partial charge is 0.493 e. The van der Waals surface area contributed by atoms with Gasteiger partial charge in [-0.1, -0.05) is 48.5 Å². The third kappa shape index (κ3) is 3.87. The Labute approximate surface area is 191 Å². The van der Waals surface area contributed by atoms with Crippen molar-refractivity contribution in [3.8, 4) is 22.8 Å². The monoisotopic (exact) mass is 437 g/mol. The number of fused-ring (bicyclic) bond motifs is 3. The lowest BCUT2D eigenvalue weighted by Gasteiger charge is -2.11. The molecule has 0 radical (unpaired) electrons. The van der Waals surface area contributed by atoms with Crippen LogP contribution in [0.5, 0.6) is 11.5 Å². The normalized spacial score (nSPS) is 11.0. The number of ether oxygens (including phenoxy) is 2. The molecule has 0 aliphatic heterocycles. The second-order valence-corrected chi connectivity index (χ2v) is 7.69. The molecule has 0 aliphatic rings. The molecule has 164 valence electrons. The summed E-state index contributed by atoms with van der Waals surface area (Å²) in [6, 6.07) is 25.3. The lowest BCUT2D eigenvalue weighted by atomic mass is 10.1. The Bertz CT molecular complexity index is 1460. The second-order valence-electron chi connectivity index (χ2n) is 7.69. The second kappa shape index (κ2) is 8.67. The van der Waals surface area contributed by atoms with Crippen molar-refractivity contribution < 1.29 is 14.3 Å². The molecule has 5 aromatic rings. The third-order valence-electron chi connectivity index (χ3n) is 5.68. The first kappa shape index (κ1) is 20.6. The molecule has 3 aromatic carbocycles. The summed E-state index contributed by atoms with van der Waals surface area (Å²) in [6.07, 6.45) is 0. The van der Waals surface area contributed by atoms with Gasteiger partial charge in [0.25, 0.3) is 5.91 Å². The van der Waals surface area contributed by atoms with Gasteiger partial charge in [-0.05, 0) is 35.9 Å². The summed E-state index contributed by atoms with van der Waals surface area (Å²) in [5, 5.41) is 4.96. The van der Waals surface area contributed by atoms with E-state index in [1.54, 1.807) is 14.2 Å². The van der Waals surface area contributed by atoms with Crippen LogP contribution >= 0.6 is 0 Å². The van der Waals surface area contributed by atoms with Crippen molar-refractivity contribution in [3.05, 3.63) is 90.1 Å². The molecule has 0 saturated heterocycles. The summed E-state index contributed by atoms with van der Waals surface area (Å²) in [4.78, 5) is 21.3. The number of H-pyrrole nitrogens is 1. The molecule has 0 unspecified atom stereocenters. The molecule has 2 N–H and O–H groups in total. The van der Waals surface area contributed by atoms with E-state index in [1.807, 2.05) is 78.9 Å². The summed E-state index contributed by atoms with van der Waals surface area (Å²) in [7, 11) is 3.20. The Morgan fingerprint density at radius 2 is 1.64 bits per heavy atom. The van der Waals surface area contributed by atoms with Gasteiger partial charge in [0, 0.05) is 28.4 Å². The van der Waals surface area contributed by atoms with Gasteiger partial charge in [-0.3, -0.25) is 4.79 Å². The number of methoxy groups -OCH3 is 2. The fourth-order valence-electron chi connectivity index (χ4n) is 4.02. The first-order valence-corrected chi connectivity index (χ1v) is 10.6. The number of para-hydroxylation sites is 1. The highest BCUT2D eigenvalue weighted by atomic mass is 16.5. The highest BCUT2D eigenvalue weighted by molar-refractivity contribution is 6.13. The van der Waals surface area contributed by atoms with Gasteiger partial charge in [0.15, 0.2) is 11.5 Å². The van der Waals surface area contributed by atoms with Gasteiger partial charge in [-0.15, -0.1) is 0 Å². The molecule has 0 fully saturated rings. The fraction of sp³-hybridized carbons (Fsp3) is 0.111. The van der Waals surface area contributed by atoms with Crippen LogP contribution in [0.4, 0.5) is 0 Å². The van der Waals surface area contributed by atoms with Crippen LogP contribution < -0.4 is 14.8 Å². The van der Waals surface area contributed by atoms with Crippen LogP contribution in [0.2, 0.25) is 0 Å². The number of pyridine rings is 1. The maximum Gasteiger partial charge on any atom is 0.270 e. The van der Waals surface area contributed by atoms with Crippen molar-refractivity contribution in [2.75, 3.05) is 14.2 Å². The standard InChI is InChI=1S/C27H23N3O3/c1-32-23-13-12-18(14-24(23)33-2)25-26-20(19-10-6-7-11-21(19)29-26)15-22(30-25)27(31)28-16-17-8-4-3-5-9-17/h3-15,29H,16H2,1-2H3,(H,28,31). The van der Waals surface area contributed by atoms with Gasteiger partial charge >= 0.3 is 0 Å². The van der Waals surface area contributed by atoms with Crippen molar-refractivity contribution in [2.45, 2.75) is 6.54 Å². The van der Waals surface area contributed by atoms with E-state index < -0.39 is 0 Å². The highest BCUT2D eigenvalue weighted by Crippen LogP contribution is 2.36. The number of rotatable bonds is 6. The Kier molecular flexibility index (Phi) is 5.40. The van der Waals surface area contributed by atoms with Crippen LogP contribution in [-0.2, 0) is 6.54 Å². The van der Waals surface area contributed by atoms with Gasteiger partial charge < -0.3 is 19.8 Å². The zero-order valence-electron chi connectivity index (χ0n) is 18.4. The molecule has 0 aliphatic carbocycles. The van der Waals surface area contributed by atoms with E-state index in [0.717, 1.165) is 32.9 Å². The molecule has 5 rings (SSSR count). The van der Waals surface area contributed by atoms with Crippen LogP contribution in [0.15, 0.2) is 78.9 Å². The Morgan fingerprint density at radius 1 is 0.879 bits per heavy atom. The van der Waals surface area contributed by atoms with Gasteiger partial charge in [-0.2, -0.15) is 0 Å². The van der Waals surface area contributed by atoms with Crippen molar-refractivity contribution >= 4 is 27.7 Å². The first-order valence-electron chi connectivity index (χ1n) is 10.6. The summed E-state index contributed by atoms with van der Waals surface area (Å²) >= 11 is 0. The average Bonchev–Trinajstić information content (AvgIpc) is 3.25. The number of nitrogens with one attached hydrogen (secondary N) is 2. The van der Waals surface area contributed by atoms with E-state index in [1.165, 1.54) is 0 Å². The Hall–Kier alpha value is -4.32. The summed E-state index contributed by atoms with van der Waals surface area (Å²) in [5.74, 6) is 0.999. The molecule has 1 amide bonds. The van der Waals surface area contributed by atoms with Gasteiger partial charge in [0.2, 0.25) is 0 Å². The quantitative estimate of drug-likeness (QED) is 0.376. The van der Waals surface area contributed by atoms with Gasteiger partial charge in [0.05, 0.1) is 25.4 Å². The third-order valence-corrected chi connectivity index (χ3v) is 5.68. The molecular formula is C27H23N3O3. The molecule has 6 nitrogen and oxygen atoms in total. The molecule has 33 heavy (non-hydrogen) atoms. The molecule has 0 spiro atoms. The number of aromatic amines is 1. The van der Waals surface area contributed by atoms with Crippen molar-refractivity contribution in [3.63, 3.8) is 0 Å². The summed E-state index contributed by atoms with van der Waals surface area (Å²) in [5.41, 5.74) is 4.73. The number of amides is 1. The maximum atomic E-state index is 13.1. The minimum atomic E-state index is -0.229. The molecule has 2 aromatic heterocycles. The predicted octanol–water partition coefficient (Wildman–Crippen LogP) is 5.33. The van der Waals surface area contributed by atoms with Gasteiger partial charge in [0.1, 0.15) is 5.69 Å². The molecule has 0 saturated carbocycles. The van der Waals surface area contributed by atoms with Crippen LogP contribution in [0, 0.1) is 0 Å². The lowest BCUT2D eigenvalue weighted by Crippen LogP contribution is -2.24. The highest BCUT2D eigenvalue weighted by Gasteiger charge is 2.18. The van der Waals surface area contributed by atoms with Crippen LogP contribution in [0.25, 0.3) is 33.1 Å². The number of aromatic nitrogens is 2. The zero-order valence-corrected chi connectivity index (χ0v) is 18.4. The van der Waals surface area contributed by atoms with E-state index in [9.17, 15) is 4.79 Å². The topological polar surface area (TPSA) is 76.2 Å². The molecule has 6 heteroatoms. The number of hydrogen-bond donors (Lipinski definition) is 2. The molecule has 0 bridgehead atoms. The van der Waals surface area contributed by atoms with E-state index in [0.29, 0.717) is 29.4 Å². The van der Waals surface area contributed by atoms with E-state index in [-0.39, 0.29) is 5.91 Å². The zero-order chi connectivity index (χ0) is 22.8. The lowest BCUT2D eigenvalue weighted by molar-refractivity contribution is 0.0946. The minimum absolute atomic E-state index is 0.229. The number of carbonyl (C=O) groups excluding carboxylic acids is 1. The summed E-state index contributed by atoms with van der Waals surface area (Å²) < 4.78 is 10.9. The SMILES string of the molecule is COc1ccc(-c2nc(C(=O)NCc3ccccc3)cc3c2[nH]c2ccccc23)cc1OC. The number of carbonyl (C=O) groups is 1. The van der Waals surface area contributed by atoms with Crippen LogP contribution in [0.1, 0.15) is 16.1 Å².